The van der Waals surface area contributed by atoms with Gasteiger partial charge in [0.25, 0.3) is 0 Å². The molecule has 0 fully saturated rings. The average Bonchev–Trinajstić information content (AvgIpc) is 2.17. The Morgan fingerprint density at radius 3 is 1.25 bits per heavy atom. The van der Waals surface area contributed by atoms with Crippen LogP contribution in [0.2, 0.25) is 0 Å². The predicted molar refractivity (Wildman–Crippen MR) is 55.0 cm³/mol. The van der Waals surface area contributed by atoms with E-state index in [9.17, 15) is 19.8 Å². The maximum Gasteiger partial charge on any atom is 0.339 e. The van der Waals surface area contributed by atoms with Crippen molar-refractivity contribution in [3.63, 3.8) is 0 Å². The first-order valence-electron chi connectivity index (χ1n) is 5.17. The lowest BCUT2D eigenvalue weighted by molar-refractivity contribution is -0.210. The van der Waals surface area contributed by atoms with Gasteiger partial charge in [-0.3, -0.25) is 0 Å². The van der Waals surface area contributed by atoms with Crippen LogP contribution in [0.4, 0.5) is 0 Å². The van der Waals surface area contributed by atoms with Gasteiger partial charge in [-0.15, -0.1) is 0 Å². The summed E-state index contributed by atoms with van der Waals surface area (Å²) < 4.78 is 0. The third-order valence-electron chi connectivity index (χ3n) is 2.62. The molecule has 0 bridgehead atoms. The third-order valence-corrected chi connectivity index (χ3v) is 2.62. The highest BCUT2D eigenvalue weighted by molar-refractivity contribution is 5.90. The van der Waals surface area contributed by atoms with Crippen LogP contribution < -0.4 is 0 Å². The Balaban J connectivity index is 5.43. The molecule has 16 heavy (non-hydrogen) atoms. The number of carboxylic acid groups (broad SMARTS) is 2. The normalized spacial score (nSPS) is 18.5. The van der Waals surface area contributed by atoms with Gasteiger partial charge in [0.15, 0.2) is 0 Å². The molecular formula is C10H18O6. The molecule has 6 heteroatoms. The van der Waals surface area contributed by atoms with Crippen LogP contribution in [0.5, 0.6) is 0 Å². The summed E-state index contributed by atoms with van der Waals surface area (Å²) in [7, 11) is 0. The molecule has 0 aromatic heterocycles. The molecule has 0 aliphatic carbocycles. The topological polar surface area (TPSA) is 115 Å². The maximum atomic E-state index is 11.0. The van der Waals surface area contributed by atoms with Gasteiger partial charge in [-0.25, -0.2) is 9.59 Å². The van der Waals surface area contributed by atoms with Gasteiger partial charge in [0.1, 0.15) is 0 Å². The first-order chi connectivity index (χ1) is 7.26. The van der Waals surface area contributed by atoms with Crippen LogP contribution in [0.1, 0.15) is 39.5 Å². The Hall–Kier alpha value is -1.14. The summed E-state index contributed by atoms with van der Waals surface area (Å²) in [6, 6.07) is 0. The highest BCUT2D eigenvalue weighted by Gasteiger charge is 2.59. The van der Waals surface area contributed by atoms with Crippen molar-refractivity contribution in [2.45, 2.75) is 50.7 Å². The molecule has 0 aliphatic heterocycles. The molecule has 94 valence electrons. The van der Waals surface area contributed by atoms with E-state index in [0.29, 0.717) is 0 Å². The number of hydrogen-bond donors (Lipinski definition) is 4. The zero-order valence-electron chi connectivity index (χ0n) is 9.43. The van der Waals surface area contributed by atoms with Gasteiger partial charge >= 0.3 is 11.9 Å². The summed E-state index contributed by atoms with van der Waals surface area (Å²) >= 11 is 0. The summed E-state index contributed by atoms with van der Waals surface area (Å²) in [5.74, 6) is -3.43. The van der Waals surface area contributed by atoms with Gasteiger partial charge in [0, 0.05) is 0 Å². The minimum Gasteiger partial charge on any atom is -0.479 e. The van der Waals surface area contributed by atoms with Crippen LogP contribution >= 0.6 is 0 Å². The Kier molecular flexibility index (Phi) is 4.89. The van der Waals surface area contributed by atoms with E-state index in [2.05, 4.69) is 0 Å². The highest BCUT2D eigenvalue weighted by Crippen LogP contribution is 2.32. The van der Waals surface area contributed by atoms with Crippen molar-refractivity contribution >= 4 is 11.9 Å². The zero-order valence-corrected chi connectivity index (χ0v) is 9.43. The van der Waals surface area contributed by atoms with Gasteiger partial charge in [-0.05, 0) is 12.8 Å². The van der Waals surface area contributed by atoms with Crippen molar-refractivity contribution in [2.24, 2.45) is 0 Å². The van der Waals surface area contributed by atoms with E-state index in [1.54, 1.807) is 13.8 Å². The number of aliphatic hydroxyl groups is 2. The van der Waals surface area contributed by atoms with Crippen LogP contribution in [0.15, 0.2) is 0 Å². The number of rotatable bonds is 7. The molecule has 0 spiro atoms. The number of carbonyl (C=O) groups is 2. The van der Waals surface area contributed by atoms with Crippen LogP contribution in [0.3, 0.4) is 0 Å². The minimum absolute atomic E-state index is 0.252. The smallest absolute Gasteiger partial charge is 0.339 e. The Morgan fingerprint density at radius 2 is 1.12 bits per heavy atom. The highest BCUT2D eigenvalue weighted by atomic mass is 16.5. The third kappa shape index (κ3) is 2.33. The van der Waals surface area contributed by atoms with E-state index in [1.807, 2.05) is 0 Å². The molecule has 6 nitrogen and oxygen atoms in total. The van der Waals surface area contributed by atoms with Crippen LogP contribution in [0, 0.1) is 0 Å². The summed E-state index contributed by atoms with van der Waals surface area (Å²) in [4.78, 5) is 21.9. The molecule has 0 saturated heterocycles. The fourth-order valence-corrected chi connectivity index (χ4v) is 1.70. The molecule has 0 saturated carbocycles. The molecule has 0 heterocycles. The molecular weight excluding hydrogens is 216 g/mol. The van der Waals surface area contributed by atoms with E-state index >= 15 is 0 Å². The van der Waals surface area contributed by atoms with E-state index in [1.165, 1.54) is 0 Å². The number of aliphatic carboxylic acids is 2. The van der Waals surface area contributed by atoms with Gasteiger partial charge < -0.3 is 20.4 Å². The quantitative estimate of drug-likeness (QED) is 0.501. The average molecular weight is 234 g/mol. The molecule has 0 aliphatic rings. The Morgan fingerprint density at radius 1 is 0.875 bits per heavy atom. The first-order valence-corrected chi connectivity index (χ1v) is 5.17. The second-order valence-electron chi connectivity index (χ2n) is 3.83. The molecule has 4 N–H and O–H groups in total. The summed E-state index contributed by atoms with van der Waals surface area (Å²) in [6.07, 6.45) is -0.125. The van der Waals surface area contributed by atoms with Crippen LogP contribution in [-0.4, -0.2) is 43.6 Å². The molecule has 0 aromatic rings. The van der Waals surface area contributed by atoms with Crippen LogP contribution in [0.25, 0.3) is 0 Å². The predicted octanol–water partition coefficient (Wildman–Crippen LogP) is 0.218. The largest absolute Gasteiger partial charge is 0.479 e. The summed E-state index contributed by atoms with van der Waals surface area (Å²) in [6.45, 7) is 3.20. The summed E-state index contributed by atoms with van der Waals surface area (Å²) in [5, 5.41) is 37.6. The second-order valence-corrected chi connectivity index (χ2v) is 3.83. The van der Waals surface area contributed by atoms with E-state index in [4.69, 9.17) is 10.2 Å². The lowest BCUT2D eigenvalue weighted by Gasteiger charge is -2.36. The molecule has 0 radical (unpaired) electrons. The molecule has 2 atom stereocenters. The van der Waals surface area contributed by atoms with E-state index in [-0.39, 0.29) is 25.7 Å². The van der Waals surface area contributed by atoms with Crippen molar-refractivity contribution in [2.75, 3.05) is 0 Å². The van der Waals surface area contributed by atoms with Gasteiger partial charge in [0.05, 0.1) is 0 Å². The monoisotopic (exact) mass is 234 g/mol. The van der Waals surface area contributed by atoms with Gasteiger partial charge in [-0.2, -0.15) is 0 Å². The van der Waals surface area contributed by atoms with Gasteiger partial charge in [-0.1, -0.05) is 26.7 Å². The Bertz CT molecular complexity index is 248. The van der Waals surface area contributed by atoms with Crippen molar-refractivity contribution in [1.29, 1.82) is 0 Å². The first kappa shape index (κ1) is 14.9. The lowest BCUT2D eigenvalue weighted by Crippen LogP contribution is -2.63. The van der Waals surface area contributed by atoms with Crippen molar-refractivity contribution in [3.05, 3.63) is 0 Å². The van der Waals surface area contributed by atoms with Crippen molar-refractivity contribution in [3.8, 4) is 0 Å². The number of carboxylic acids is 2. The fraction of sp³-hybridized carbons (Fsp3) is 0.800. The minimum atomic E-state index is -2.65. The molecule has 0 amide bonds. The van der Waals surface area contributed by atoms with Gasteiger partial charge in [0.2, 0.25) is 11.2 Å². The van der Waals surface area contributed by atoms with E-state index < -0.39 is 23.1 Å². The zero-order chi connectivity index (χ0) is 13.0. The Labute approximate surface area is 93.5 Å². The molecule has 2 unspecified atom stereocenters. The fourth-order valence-electron chi connectivity index (χ4n) is 1.70. The second kappa shape index (κ2) is 5.27. The standard InChI is InChI=1S/C10H18O6/c1-3-5-9(15,7(11)12)10(16,6-4-2)8(13)14/h15-16H,3-6H2,1-2H3,(H,11,12)(H,13,14). The molecule has 0 aromatic carbocycles. The maximum absolute atomic E-state index is 11.0. The lowest BCUT2D eigenvalue weighted by atomic mass is 9.76. The van der Waals surface area contributed by atoms with Crippen molar-refractivity contribution in [1.82, 2.24) is 0 Å². The SMILES string of the molecule is CCCC(O)(C(=O)O)C(O)(CCC)C(=O)O. The van der Waals surface area contributed by atoms with E-state index in [0.717, 1.165) is 0 Å². The number of hydrogen-bond acceptors (Lipinski definition) is 4. The van der Waals surface area contributed by atoms with Crippen LogP contribution in [-0.2, 0) is 9.59 Å². The van der Waals surface area contributed by atoms with Crippen molar-refractivity contribution < 1.29 is 30.0 Å². The molecule has 0 rings (SSSR count). The summed E-state index contributed by atoms with van der Waals surface area (Å²) in [5.41, 5.74) is -5.30.